The number of rotatable bonds is 13. The lowest BCUT2D eigenvalue weighted by Crippen LogP contribution is -2.37. The maximum Gasteiger partial charge on any atom is 0.219 e. The Hall–Kier alpha value is -2.80. The summed E-state index contributed by atoms with van der Waals surface area (Å²) >= 11 is 0. The van der Waals surface area contributed by atoms with Gasteiger partial charge >= 0.3 is 0 Å². The van der Waals surface area contributed by atoms with Crippen molar-refractivity contribution < 1.29 is 14.2 Å². The molecule has 2 N–H and O–H groups in total. The van der Waals surface area contributed by atoms with Gasteiger partial charge in [0.15, 0.2) is 5.96 Å². The summed E-state index contributed by atoms with van der Waals surface area (Å²) in [6, 6.07) is 11.4. The van der Waals surface area contributed by atoms with Crippen LogP contribution in [0.5, 0.6) is 17.4 Å². The Balaban J connectivity index is 1.88. The second-order valence-corrected chi connectivity index (χ2v) is 6.53. The maximum absolute atomic E-state index is 5.86. The summed E-state index contributed by atoms with van der Waals surface area (Å²) in [6.45, 7) is 10.5. The number of benzene rings is 1. The second kappa shape index (κ2) is 14.2. The maximum atomic E-state index is 5.86. The molecule has 0 saturated heterocycles. The fraction of sp³-hybridized carbons (Fsp3) is 0.478. The molecule has 1 heterocycles. The molecular weight excluding hydrogens is 380 g/mol. The Labute approximate surface area is 179 Å². The topological polar surface area (TPSA) is 77.0 Å². The predicted octanol–water partition coefficient (Wildman–Crippen LogP) is 4.14. The molecule has 0 unspecified atom stereocenters. The van der Waals surface area contributed by atoms with Crippen LogP contribution in [-0.2, 0) is 11.3 Å². The molecule has 0 aliphatic carbocycles. The molecule has 1 aromatic heterocycles. The number of aromatic nitrogens is 1. The molecule has 2 rings (SSSR count). The van der Waals surface area contributed by atoms with Crippen molar-refractivity contribution in [2.45, 2.75) is 40.2 Å². The van der Waals surface area contributed by atoms with Gasteiger partial charge in [0.2, 0.25) is 5.88 Å². The predicted molar refractivity (Wildman–Crippen MR) is 120 cm³/mol. The number of guanidine groups is 1. The van der Waals surface area contributed by atoms with Crippen molar-refractivity contribution in [3.8, 4) is 17.4 Å². The van der Waals surface area contributed by atoms with Crippen molar-refractivity contribution in [1.82, 2.24) is 15.6 Å². The molecule has 0 spiro atoms. The average Bonchev–Trinajstić information content (AvgIpc) is 2.76. The monoisotopic (exact) mass is 414 g/mol. The summed E-state index contributed by atoms with van der Waals surface area (Å²) in [6.07, 6.45) is 3.82. The van der Waals surface area contributed by atoms with E-state index in [9.17, 15) is 0 Å². The zero-order chi connectivity index (χ0) is 21.4. The first-order valence-corrected chi connectivity index (χ1v) is 10.7. The van der Waals surface area contributed by atoms with Gasteiger partial charge < -0.3 is 24.8 Å². The highest BCUT2D eigenvalue weighted by Gasteiger charge is 2.03. The van der Waals surface area contributed by atoms with Crippen LogP contribution in [0.1, 0.15) is 39.2 Å². The van der Waals surface area contributed by atoms with Crippen LogP contribution in [0.15, 0.2) is 47.6 Å². The van der Waals surface area contributed by atoms with Crippen LogP contribution in [0.4, 0.5) is 0 Å². The third kappa shape index (κ3) is 9.13. The summed E-state index contributed by atoms with van der Waals surface area (Å²) < 4.78 is 16.7. The molecule has 0 saturated carbocycles. The van der Waals surface area contributed by atoms with Gasteiger partial charge in [0.05, 0.1) is 13.2 Å². The first-order valence-electron chi connectivity index (χ1n) is 10.7. The van der Waals surface area contributed by atoms with Gasteiger partial charge in [0.1, 0.15) is 11.5 Å². The largest absolute Gasteiger partial charge is 0.494 e. The minimum atomic E-state index is 0.538. The van der Waals surface area contributed by atoms with Gasteiger partial charge in [-0.25, -0.2) is 9.98 Å². The summed E-state index contributed by atoms with van der Waals surface area (Å²) in [5.41, 5.74) is 1.03. The van der Waals surface area contributed by atoms with Crippen LogP contribution in [0.25, 0.3) is 0 Å². The fourth-order valence-corrected chi connectivity index (χ4v) is 2.69. The van der Waals surface area contributed by atoms with Crippen LogP contribution in [0.3, 0.4) is 0 Å². The minimum Gasteiger partial charge on any atom is -0.494 e. The summed E-state index contributed by atoms with van der Waals surface area (Å²) in [7, 11) is 0. The molecule has 7 heteroatoms. The molecule has 1 aromatic carbocycles. The molecule has 0 bridgehead atoms. The zero-order valence-corrected chi connectivity index (χ0v) is 18.3. The molecule has 0 atom stereocenters. The van der Waals surface area contributed by atoms with E-state index >= 15 is 0 Å². The third-order valence-electron chi connectivity index (χ3n) is 4.13. The van der Waals surface area contributed by atoms with Crippen LogP contribution >= 0.6 is 0 Å². The van der Waals surface area contributed by atoms with Crippen LogP contribution < -0.4 is 20.1 Å². The van der Waals surface area contributed by atoms with Gasteiger partial charge in [-0.1, -0.05) is 0 Å². The quantitative estimate of drug-likeness (QED) is 0.291. The molecule has 0 aliphatic rings. The molecule has 2 aromatic rings. The number of ether oxygens (including phenoxy) is 3. The molecule has 164 valence electrons. The smallest absolute Gasteiger partial charge is 0.219 e. The lowest BCUT2D eigenvalue weighted by molar-refractivity contribution is 0.143. The molecule has 0 fully saturated rings. The van der Waals surface area contributed by atoms with E-state index in [1.165, 1.54) is 0 Å². The summed E-state index contributed by atoms with van der Waals surface area (Å²) in [4.78, 5) is 8.96. The van der Waals surface area contributed by atoms with Gasteiger partial charge in [-0.05, 0) is 69.5 Å². The lowest BCUT2D eigenvalue weighted by atomic mass is 10.2. The number of nitrogens with one attached hydrogen (secondary N) is 2. The number of aliphatic imine (C=N–C) groups is 1. The number of nitrogens with zero attached hydrogens (tertiary/aromatic N) is 2. The Morgan fingerprint density at radius 1 is 0.967 bits per heavy atom. The first-order chi connectivity index (χ1) is 14.7. The normalized spacial score (nSPS) is 11.2. The molecule has 0 radical (unpaired) electrons. The summed E-state index contributed by atoms with van der Waals surface area (Å²) in [5, 5.41) is 6.64. The number of hydrogen-bond acceptors (Lipinski definition) is 5. The van der Waals surface area contributed by atoms with Gasteiger partial charge in [-0.2, -0.15) is 0 Å². The van der Waals surface area contributed by atoms with E-state index in [4.69, 9.17) is 14.2 Å². The summed E-state index contributed by atoms with van der Waals surface area (Å²) in [5.74, 6) is 2.89. The van der Waals surface area contributed by atoms with Crippen LogP contribution in [-0.4, -0.2) is 43.9 Å². The average molecular weight is 415 g/mol. The van der Waals surface area contributed by atoms with Gasteiger partial charge in [0.25, 0.3) is 0 Å². The Morgan fingerprint density at radius 2 is 1.77 bits per heavy atom. The van der Waals surface area contributed by atoms with Crippen molar-refractivity contribution >= 4 is 5.96 Å². The van der Waals surface area contributed by atoms with Gasteiger partial charge in [0, 0.05) is 38.6 Å². The van der Waals surface area contributed by atoms with E-state index in [-0.39, 0.29) is 0 Å². The fourth-order valence-electron chi connectivity index (χ4n) is 2.69. The van der Waals surface area contributed by atoms with Crippen molar-refractivity contribution in [1.29, 1.82) is 0 Å². The standard InChI is InChI=1S/C23H34N4O3/c1-4-24-23(26-14-7-8-16-28-5-2)27-18-19-13-15-25-22(17-19)30-21-11-9-20(10-12-21)29-6-3/h9-13,15,17H,4-8,14,16,18H2,1-3H3,(H2,24,26,27). The zero-order valence-electron chi connectivity index (χ0n) is 18.3. The van der Waals surface area contributed by atoms with Gasteiger partial charge in [-0.15, -0.1) is 0 Å². The highest BCUT2D eigenvalue weighted by Crippen LogP contribution is 2.23. The van der Waals surface area contributed by atoms with Crippen LogP contribution in [0, 0.1) is 0 Å². The molecule has 30 heavy (non-hydrogen) atoms. The van der Waals surface area contributed by atoms with E-state index in [0.29, 0.717) is 24.8 Å². The molecular formula is C23H34N4O3. The van der Waals surface area contributed by atoms with Crippen molar-refractivity contribution in [3.05, 3.63) is 48.2 Å². The van der Waals surface area contributed by atoms with E-state index in [1.54, 1.807) is 6.20 Å². The second-order valence-electron chi connectivity index (χ2n) is 6.53. The van der Waals surface area contributed by atoms with E-state index < -0.39 is 0 Å². The minimum absolute atomic E-state index is 0.538. The SMILES string of the molecule is CCNC(=NCc1ccnc(Oc2ccc(OCC)cc2)c1)NCCCCOCC. The van der Waals surface area contributed by atoms with Gasteiger partial charge in [-0.3, -0.25) is 0 Å². The number of hydrogen-bond donors (Lipinski definition) is 2. The Morgan fingerprint density at radius 3 is 2.50 bits per heavy atom. The van der Waals surface area contributed by atoms with E-state index in [1.807, 2.05) is 50.2 Å². The molecule has 0 aliphatic heterocycles. The first kappa shape index (κ1) is 23.5. The number of unbranched alkanes of at least 4 members (excludes halogenated alkanes) is 1. The molecule has 0 amide bonds. The highest BCUT2D eigenvalue weighted by molar-refractivity contribution is 5.79. The Kier molecular flexibility index (Phi) is 11.1. The Bertz CT molecular complexity index is 750. The van der Waals surface area contributed by atoms with Crippen molar-refractivity contribution in [2.75, 3.05) is 32.9 Å². The van der Waals surface area contributed by atoms with Crippen molar-refractivity contribution in [3.63, 3.8) is 0 Å². The van der Waals surface area contributed by atoms with Crippen LogP contribution in [0.2, 0.25) is 0 Å². The highest BCUT2D eigenvalue weighted by atomic mass is 16.5. The van der Waals surface area contributed by atoms with Crippen molar-refractivity contribution in [2.24, 2.45) is 4.99 Å². The third-order valence-corrected chi connectivity index (χ3v) is 4.13. The molecule has 7 nitrogen and oxygen atoms in total. The van der Waals surface area contributed by atoms with E-state index in [2.05, 4.69) is 27.5 Å². The van der Waals surface area contributed by atoms with E-state index in [0.717, 1.165) is 56.4 Å². The number of pyridine rings is 1. The lowest BCUT2D eigenvalue weighted by Gasteiger charge is -2.11.